The second-order valence-electron chi connectivity index (χ2n) is 4.74. The molecule has 0 saturated carbocycles. The maximum absolute atomic E-state index is 13.5. The van der Waals surface area contributed by atoms with E-state index in [4.69, 9.17) is 11.6 Å². The van der Waals surface area contributed by atoms with Crippen LogP contribution in [0, 0.1) is 5.82 Å². The number of carbonyl (C=O) groups excluding carboxylic acids is 1. The number of Topliss-reactive ketones (excluding diaryl/α,β-unsaturated/α-hetero) is 1. The summed E-state index contributed by atoms with van der Waals surface area (Å²) in [5.41, 5.74) is 1.59. The lowest BCUT2D eigenvalue weighted by molar-refractivity contribution is -0.117. The average molecular weight is 267 g/mol. The van der Waals surface area contributed by atoms with Crippen molar-refractivity contribution >= 4 is 17.4 Å². The molecule has 0 aliphatic heterocycles. The average Bonchev–Trinajstić information content (AvgIpc) is 2.35. The summed E-state index contributed by atoms with van der Waals surface area (Å²) in [6, 6.07) is 4.34. The van der Waals surface area contributed by atoms with Crippen molar-refractivity contribution in [2.24, 2.45) is 0 Å². The van der Waals surface area contributed by atoms with E-state index in [1.54, 1.807) is 0 Å². The summed E-state index contributed by atoms with van der Waals surface area (Å²) in [5, 5.41) is 0.469. The molecule has 1 aromatic carbocycles. The monoisotopic (exact) mass is 266 g/mol. The van der Waals surface area contributed by atoms with Crippen LogP contribution in [0.3, 0.4) is 0 Å². The lowest BCUT2D eigenvalue weighted by Gasteiger charge is -2.12. The van der Waals surface area contributed by atoms with Gasteiger partial charge < -0.3 is 0 Å². The molecule has 1 aliphatic carbocycles. The molecule has 18 heavy (non-hydrogen) atoms. The van der Waals surface area contributed by atoms with Crippen molar-refractivity contribution in [3.63, 3.8) is 0 Å². The largest absolute Gasteiger partial charge is 0.299 e. The first-order chi connectivity index (χ1) is 8.65. The molecule has 2 rings (SSSR count). The van der Waals surface area contributed by atoms with E-state index in [1.807, 2.05) is 0 Å². The van der Waals surface area contributed by atoms with E-state index >= 15 is 0 Å². The fraction of sp³-hybridized carbons (Fsp3) is 0.400. The Bertz CT molecular complexity index is 479. The van der Waals surface area contributed by atoms with Crippen molar-refractivity contribution in [1.29, 1.82) is 0 Å². The summed E-state index contributed by atoms with van der Waals surface area (Å²) in [7, 11) is 0. The summed E-state index contributed by atoms with van der Waals surface area (Å²) < 4.78 is 13.5. The molecule has 0 unspecified atom stereocenters. The van der Waals surface area contributed by atoms with Crippen LogP contribution >= 0.6 is 11.6 Å². The quantitative estimate of drug-likeness (QED) is 0.735. The first-order valence-corrected chi connectivity index (χ1v) is 6.66. The van der Waals surface area contributed by atoms with Gasteiger partial charge in [-0.2, -0.15) is 0 Å². The van der Waals surface area contributed by atoms with Crippen LogP contribution in [0.1, 0.15) is 37.7 Å². The van der Waals surface area contributed by atoms with Crippen molar-refractivity contribution in [2.45, 2.75) is 38.5 Å². The van der Waals surface area contributed by atoms with Gasteiger partial charge in [-0.1, -0.05) is 23.3 Å². The first kappa shape index (κ1) is 13.3. The van der Waals surface area contributed by atoms with Crippen molar-refractivity contribution < 1.29 is 9.18 Å². The smallest absolute Gasteiger partial charge is 0.141 e. The van der Waals surface area contributed by atoms with Crippen LogP contribution in [0.5, 0.6) is 0 Å². The molecule has 0 aromatic heterocycles. The molecule has 0 N–H and O–H groups in total. The molecular formula is C15H16ClFO. The van der Waals surface area contributed by atoms with E-state index in [0.717, 1.165) is 19.3 Å². The Balaban J connectivity index is 1.98. The van der Waals surface area contributed by atoms with Crippen LogP contribution < -0.4 is 0 Å². The highest BCUT2D eigenvalue weighted by molar-refractivity contribution is 6.30. The van der Waals surface area contributed by atoms with E-state index in [1.165, 1.54) is 30.2 Å². The highest BCUT2D eigenvalue weighted by Gasteiger charge is 2.12. The van der Waals surface area contributed by atoms with E-state index in [0.29, 0.717) is 17.0 Å². The maximum Gasteiger partial charge on any atom is 0.141 e. The maximum atomic E-state index is 13.5. The number of hydrogen-bond donors (Lipinski definition) is 0. The van der Waals surface area contributed by atoms with Gasteiger partial charge in [0.1, 0.15) is 11.6 Å². The predicted octanol–water partition coefficient (Wildman–Crippen LogP) is 4.48. The molecule has 96 valence electrons. The molecule has 0 fully saturated rings. The minimum absolute atomic E-state index is 0.0596. The first-order valence-electron chi connectivity index (χ1n) is 6.28. The number of benzene rings is 1. The van der Waals surface area contributed by atoms with E-state index in [-0.39, 0.29) is 18.0 Å². The third-order valence-corrected chi connectivity index (χ3v) is 3.44. The zero-order valence-electron chi connectivity index (χ0n) is 10.2. The molecular weight excluding hydrogens is 251 g/mol. The zero-order valence-corrected chi connectivity index (χ0v) is 11.0. The van der Waals surface area contributed by atoms with Crippen LogP contribution in [0.2, 0.25) is 5.02 Å². The van der Waals surface area contributed by atoms with E-state index < -0.39 is 0 Å². The van der Waals surface area contributed by atoms with Crippen molar-refractivity contribution in [3.8, 4) is 0 Å². The number of ketones is 1. The Morgan fingerprint density at radius 3 is 2.83 bits per heavy atom. The lowest BCUT2D eigenvalue weighted by atomic mass is 9.94. The van der Waals surface area contributed by atoms with Gasteiger partial charge in [-0.3, -0.25) is 4.79 Å². The third-order valence-electron chi connectivity index (χ3n) is 3.20. The Kier molecular flexibility index (Phi) is 4.54. The van der Waals surface area contributed by atoms with Gasteiger partial charge in [-0.15, -0.1) is 0 Å². The molecule has 0 spiro atoms. The van der Waals surface area contributed by atoms with Gasteiger partial charge in [-0.25, -0.2) is 4.39 Å². The van der Waals surface area contributed by atoms with Crippen molar-refractivity contribution in [3.05, 3.63) is 46.3 Å². The van der Waals surface area contributed by atoms with Gasteiger partial charge in [0.05, 0.1) is 0 Å². The minimum Gasteiger partial charge on any atom is -0.299 e. The van der Waals surface area contributed by atoms with Crippen LogP contribution in [0.25, 0.3) is 0 Å². The Labute approximate surface area is 112 Å². The topological polar surface area (TPSA) is 17.1 Å². The van der Waals surface area contributed by atoms with Crippen molar-refractivity contribution in [2.75, 3.05) is 0 Å². The fourth-order valence-corrected chi connectivity index (χ4v) is 2.47. The Hall–Kier alpha value is -1.15. The zero-order chi connectivity index (χ0) is 13.0. The summed E-state index contributed by atoms with van der Waals surface area (Å²) in [6.07, 6.45) is 7.16. The van der Waals surface area contributed by atoms with Gasteiger partial charge in [-0.05, 0) is 49.4 Å². The van der Waals surface area contributed by atoms with Gasteiger partial charge in [0.2, 0.25) is 0 Å². The van der Waals surface area contributed by atoms with Crippen LogP contribution in [-0.2, 0) is 11.2 Å². The molecule has 1 aliphatic rings. The predicted molar refractivity (Wildman–Crippen MR) is 71.3 cm³/mol. The minimum atomic E-state index is -0.356. The van der Waals surface area contributed by atoms with Gasteiger partial charge in [0.15, 0.2) is 0 Å². The number of carbonyl (C=O) groups is 1. The Morgan fingerprint density at radius 1 is 1.28 bits per heavy atom. The molecule has 1 aromatic rings. The van der Waals surface area contributed by atoms with Gasteiger partial charge >= 0.3 is 0 Å². The number of hydrogen-bond acceptors (Lipinski definition) is 1. The standard InChI is InChI=1S/C15H16ClFO/c16-13-6-7-15(17)12(9-13)10-14(18)8-11-4-2-1-3-5-11/h4,6-7,9H,1-3,5,8,10H2. The molecule has 0 bridgehead atoms. The second-order valence-corrected chi connectivity index (χ2v) is 5.17. The number of rotatable bonds is 4. The molecule has 0 atom stereocenters. The Morgan fingerprint density at radius 2 is 2.11 bits per heavy atom. The highest BCUT2D eigenvalue weighted by Crippen LogP contribution is 2.22. The van der Waals surface area contributed by atoms with Crippen LogP contribution in [0.4, 0.5) is 4.39 Å². The van der Waals surface area contributed by atoms with E-state index in [2.05, 4.69) is 6.08 Å². The van der Waals surface area contributed by atoms with E-state index in [9.17, 15) is 9.18 Å². The molecule has 0 amide bonds. The van der Waals surface area contributed by atoms with Gasteiger partial charge in [0, 0.05) is 17.9 Å². The summed E-state index contributed by atoms with van der Waals surface area (Å²) in [6.45, 7) is 0. The molecule has 3 heteroatoms. The van der Waals surface area contributed by atoms with Crippen LogP contribution in [0.15, 0.2) is 29.8 Å². The fourth-order valence-electron chi connectivity index (χ4n) is 2.27. The molecule has 0 radical (unpaired) electrons. The SMILES string of the molecule is O=C(CC1=CCCCC1)Cc1cc(Cl)ccc1F. The summed E-state index contributed by atoms with van der Waals surface area (Å²) in [5.74, 6) is -0.297. The lowest BCUT2D eigenvalue weighted by Crippen LogP contribution is -2.07. The number of allylic oxidation sites excluding steroid dienone is 2. The second kappa shape index (κ2) is 6.14. The normalized spacial score (nSPS) is 15.3. The van der Waals surface area contributed by atoms with Crippen LogP contribution in [-0.4, -0.2) is 5.78 Å². The van der Waals surface area contributed by atoms with Crippen molar-refractivity contribution in [1.82, 2.24) is 0 Å². The molecule has 1 nitrogen and oxygen atoms in total. The van der Waals surface area contributed by atoms with Gasteiger partial charge in [0.25, 0.3) is 0 Å². The molecule has 0 saturated heterocycles. The highest BCUT2D eigenvalue weighted by atomic mass is 35.5. The summed E-state index contributed by atoms with van der Waals surface area (Å²) in [4.78, 5) is 11.9. The molecule has 0 heterocycles. The summed E-state index contributed by atoms with van der Waals surface area (Å²) >= 11 is 5.80. The number of halogens is 2. The third kappa shape index (κ3) is 3.67.